The first kappa shape index (κ1) is 18.8. The first-order valence-electron chi connectivity index (χ1n) is 6.15. The molecule has 0 spiro atoms. The fourth-order valence-electron chi connectivity index (χ4n) is 1.43. The van der Waals surface area contributed by atoms with Gasteiger partial charge in [0.2, 0.25) is 0 Å². The van der Waals surface area contributed by atoms with Crippen LogP contribution in [-0.4, -0.2) is 40.6 Å². The van der Waals surface area contributed by atoms with Crippen LogP contribution in [0.2, 0.25) is 0 Å². The molecule has 0 aromatic rings. The van der Waals surface area contributed by atoms with Crippen molar-refractivity contribution in [2.45, 2.75) is 38.8 Å². The van der Waals surface area contributed by atoms with Gasteiger partial charge in [-0.1, -0.05) is 6.58 Å². The molecule has 0 aromatic heterocycles. The van der Waals surface area contributed by atoms with Crippen LogP contribution in [0, 0.1) is 0 Å². The van der Waals surface area contributed by atoms with Gasteiger partial charge in [-0.15, -0.1) is 0 Å². The van der Waals surface area contributed by atoms with Crippen molar-refractivity contribution in [2.24, 2.45) is 0 Å². The average Bonchev–Trinajstić information content (AvgIpc) is 2.29. The third kappa shape index (κ3) is 8.85. The van der Waals surface area contributed by atoms with Gasteiger partial charge in [-0.25, -0.2) is 4.79 Å². The Labute approximate surface area is 118 Å². The minimum Gasteiger partial charge on any atom is -0.466 e. The summed E-state index contributed by atoms with van der Waals surface area (Å²) in [6.45, 7) is 6.18. The van der Waals surface area contributed by atoms with E-state index >= 15 is 0 Å². The maximum absolute atomic E-state index is 11.3. The van der Waals surface area contributed by atoms with Gasteiger partial charge in [0.1, 0.15) is 0 Å². The minimum atomic E-state index is -4.27. The summed E-state index contributed by atoms with van der Waals surface area (Å²) < 4.78 is 20.8. The van der Waals surface area contributed by atoms with E-state index in [1.54, 1.807) is 0 Å². The maximum Gasteiger partial charge on any atom is 0.333 e. The van der Waals surface area contributed by atoms with E-state index in [1.807, 2.05) is 0 Å². The van der Waals surface area contributed by atoms with Crippen molar-refractivity contribution >= 4 is 19.5 Å². The van der Waals surface area contributed by atoms with Crippen molar-refractivity contribution in [1.29, 1.82) is 0 Å². The quantitative estimate of drug-likeness (QED) is 0.286. The molecule has 0 fully saturated rings. The topological polar surface area (TPSA) is 110 Å². The molecular weight excluding hydrogens is 287 g/mol. The molecule has 0 aliphatic heterocycles. The first-order chi connectivity index (χ1) is 9.14. The highest BCUT2D eigenvalue weighted by atomic mass is 31.2. The second-order valence-corrected chi connectivity index (χ2v) is 6.34. The smallest absolute Gasteiger partial charge is 0.333 e. The molecule has 7 nitrogen and oxygen atoms in total. The summed E-state index contributed by atoms with van der Waals surface area (Å²) in [4.78, 5) is 40.1. The van der Waals surface area contributed by atoms with Gasteiger partial charge in [0, 0.05) is 12.5 Å². The molecule has 1 unspecified atom stereocenters. The standard InChI is InChI=1S/C12H21O7P/c1-9(2)12(14)19-7-4-5-11(20(15,16)17)6-8-18-10(3)13/h11H,1,4-8H2,2-3H3,(H2,15,16,17). The summed E-state index contributed by atoms with van der Waals surface area (Å²) >= 11 is 0. The molecule has 2 N–H and O–H groups in total. The molecular formula is C12H21O7P. The van der Waals surface area contributed by atoms with E-state index in [9.17, 15) is 23.9 Å². The average molecular weight is 308 g/mol. The lowest BCUT2D eigenvalue weighted by Crippen LogP contribution is -2.15. The molecule has 0 radical (unpaired) electrons. The molecule has 0 saturated carbocycles. The summed E-state index contributed by atoms with van der Waals surface area (Å²) in [5.74, 6) is -1.03. The Morgan fingerprint density at radius 2 is 1.75 bits per heavy atom. The summed E-state index contributed by atoms with van der Waals surface area (Å²) in [5, 5.41) is 0. The zero-order valence-corrected chi connectivity index (χ0v) is 12.6. The highest BCUT2D eigenvalue weighted by Gasteiger charge is 2.28. The van der Waals surface area contributed by atoms with E-state index in [1.165, 1.54) is 13.8 Å². The lowest BCUT2D eigenvalue weighted by Gasteiger charge is -2.18. The van der Waals surface area contributed by atoms with Crippen molar-refractivity contribution < 1.29 is 33.4 Å². The summed E-state index contributed by atoms with van der Waals surface area (Å²) in [7, 11) is -4.27. The molecule has 0 aromatic carbocycles. The normalized spacial score (nSPS) is 12.6. The van der Waals surface area contributed by atoms with Crippen molar-refractivity contribution in [3.63, 3.8) is 0 Å². The number of carbonyl (C=O) groups excluding carboxylic acids is 2. The molecule has 8 heteroatoms. The number of hydrogen-bond donors (Lipinski definition) is 2. The van der Waals surface area contributed by atoms with Crippen molar-refractivity contribution in [1.82, 2.24) is 0 Å². The van der Waals surface area contributed by atoms with Gasteiger partial charge in [-0.05, 0) is 26.2 Å². The summed E-state index contributed by atoms with van der Waals surface area (Å²) in [6, 6.07) is 0. The van der Waals surface area contributed by atoms with Crippen LogP contribution in [0.3, 0.4) is 0 Å². The zero-order valence-electron chi connectivity index (χ0n) is 11.7. The van der Waals surface area contributed by atoms with Crippen LogP contribution in [0.15, 0.2) is 12.2 Å². The Hall–Kier alpha value is -1.17. The maximum atomic E-state index is 11.3. The molecule has 0 heterocycles. The van der Waals surface area contributed by atoms with E-state index < -0.39 is 25.2 Å². The first-order valence-corrected chi connectivity index (χ1v) is 7.84. The van der Waals surface area contributed by atoms with Crippen LogP contribution in [0.5, 0.6) is 0 Å². The molecule has 0 aliphatic carbocycles. The molecule has 0 bridgehead atoms. The molecule has 116 valence electrons. The van der Waals surface area contributed by atoms with Gasteiger partial charge in [-0.3, -0.25) is 9.36 Å². The van der Waals surface area contributed by atoms with Crippen molar-refractivity contribution in [3.8, 4) is 0 Å². The molecule has 20 heavy (non-hydrogen) atoms. The van der Waals surface area contributed by atoms with Crippen LogP contribution in [0.1, 0.15) is 33.1 Å². The Balaban J connectivity index is 4.12. The third-order valence-corrected chi connectivity index (χ3v) is 3.96. The molecule has 0 saturated heterocycles. The third-order valence-electron chi connectivity index (χ3n) is 2.50. The van der Waals surface area contributed by atoms with Crippen LogP contribution < -0.4 is 0 Å². The minimum absolute atomic E-state index is 0.0450. The Bertz CT molecular complexity index is 399. The van der Waals surface area contributed by atoms with E-state index in [0.717, 1.165) is 0 Å². The fraction of sp³-hybridized carbons (Fsp3) is 0.667. The van der Waals surface area contributed by atoms with Gasteiger partial charge in [0.05, 0.1) is 18.9 Å². The molecule has 0 amide bonds. The lowest BCUT2D eigenvalue weighted by atomic mass is 10.2. The summed E-state index contributed by atoms with van der Waals surface area (Å²) in [5.41, 5.74) is -0.642. The van der Waals surface area contributed by atoms with Gasteiger partial charge in [-0.2, -0.15) is 0 Å². The second-order valence-electron chi connectivity index (χ2n) is 4.43. The van der Waals surface area contributed by atoms with E-state index in [-0.39, 0.29) is 31.6 Å². The van der Waals surface area contributed by atoms with E-state index in [2.05, 4.69) is 11.3 Å². The second kappa shape index (κ2) is 8.89. The SMILES string of the molecule is C=C(C)C(=O)OCCCC(CCOC(C)=O)P(=O)(O)O. The number of hydrogen-bond acceptors (Lipinski definition) is 5. The highest BCUT2D eigenvalue weighted by molar-refractivity contribution is 7.52. The predicted molar refractivity (Wildman–Crippen MR) is 72.1 cm³/mol. The van der Waals surface area contributed by atoms with Gasteiger partial charge >= 0.3 is 19.5 Å². The molecule has 1 atom stereocenters. The lowest BCUT2D eigenvalue weighted by molar-refractivity contribution is -0.141. The van der Waals surface area contributed by atoms with Gasteiger partial charge in [0.15, 0.2) is 0 Å². The zero-order chi connectivity index (χ0) is 15.8. The van der Waals surface area contributed by atoms with Crippen LogP contribution in [-0.2, 0) is 23.6 Å². The molecule has 0 rings (SSSR count). The van der Waals surface area contributed by atoms with Crippen LogP contribution >= 0.6 is 7.60 Å². The largest absolute Gasteiger partial charge is 0.466 e. The number of esters is 2. The fourth-order valence-corrected chi connectivity index (χ4v) is 2.39. The van der Waals surface area contributed by atoms with Crippen LogP contribution in [0.4, 0.5) is 0 Å². The predicted octanol–water partition coefficient (Wildman–Crippen LogP) is 1.39. The van der Waals surface area contributed by atoms with Crippen LogP contribution in [0.25, 0.3) is 0 Å². The van der Waals surface area contributed by atoms with E-state index in [4.69, 9.17) is 4.74 Å². The number of carbonyl (C=O) groups is 2. The van der Waals surface area contributed by atoms with E-state index in [0.29, 0.717) is 6.42 Å². The Morgan fingerprint density at radius 3 is 2.20 bits per heavy atom. The number of ether oxygens (including phenoxy) is 2. The monoisotopic (exact) mass is 308 g/mol. The van der Waals surface area contributed by atoms with Gasteiger partial charge < -0.3 is 19.3 Å². The highest BCUT2D eigenvalue weighted by Crippen LogP contribution is 2.45. The van der Waals surface area contributed by atoms with Crippen molar-refractivity contribution in [2.75, 3.05) is 13.2 Å². The Kier molecular flexibility index (Phi) is 8.37. The summed E-state index contributed by atoms with van der Waals surface area (Å²) in [6.07, 6.45) is 0.558. The number of rotatable bonds is 9. The molecule has 0 aliphatic rings. The van der Waals surface area contributed by atoms with Gasteiger partial charge in [0.25, 0.3) is 0 Å². The Morgan fingerprint density at radius 1 is 1.15 bits per heavy atom. The van der Waals surface area contributed by atoms with Crippen molar-refractivity contribution in [3.05, 3.63) is 12.2 Å².